The van der Waals surface area contributed by atoms with Crippen LogP contribution in [0, 0.1) is 23.2 Å². The van der Waals surface area contributed by atoms with Crippen molar-refractivity contribution < 1.29 is 15.3 Å². The second-order valence-corrected chi connectivity index (χ2v) is 11.6. The molecule has 3 aliphatic carbocycles. The zero-order valence-electron chi connectivity index (χ0n) is 19.8. The van der Waals surface area contributed by atoms with E-state index < -0.39 is 17.8 Å². The lowest BCUT2D eigenvalue weighted by molar-refractivity contribution is 0.0549. The van der Waals surface area contributed by atoms with E-state index in [0.29, 0.717) is 30.1 Å². The average Bonchev–Trinajstić information content (AvgIpc) is 3.22. The summed E-state index contributed by atoms with van der Waals surface area (Å²) in [4.78, 5) is 2.47. The molecule has 31 heavy (non-hydrogen) atoms. The quantitative estimate of drug-likeness (QED) is 0.626. The molecule has 4 rings (SSSR count). The van der Waals surface area contributed by atoms with Crippen molar-refractivity contribution in [2.75, 3.05) is 19.6 Å². The van der Waals surface area contributed by atoms with Crippen LogP contribution in [-0.4, -0.2) is 57.7 Å². The molecule has 0 aromatic heterocycles. The Morgan fingerprint density at radius 3 is 2.68 bits per heavy atom. The Morgan fingerprint density at radius 2 is 1.97 bits per heavy atom. The Bertz CT molecular complexity index is 754. The van der Waals surface area contributed by atoms with Crippen molar-refractivity contribution in [2.45, 2.75) is 89.9 Å². The summed E-state index contributed by atoms with van der Waals surface area (Å²) in [5.41, 5.74) is 3.19. The highest BCUT2D eigenvalue weighted by molar-refractivity contribution is 5.38. The lowest BCUT2D eigenvalue weighted by Crippen LogP contribution is -2.40. The minimum absolute atomic E-state index is 0.354. The van der Waals surface area contributed by atoms with Crippen LogP contribution in [0.25, 0.3) is 0 Å². The van der Waals surface area contributed by atoms with Crippen molar-refractivity contribution in [3.63, 3.8) is 0 Å². The van der Waals surface area contributed by atoms with Gasteiger partial charge < -0.3 is 20.2 Å². The van der Waals surface area contributed by atoms with Crippen molar-refractivity contribution >= 4 is 0 Å². The maximum absolute atomic E-state index is 10.3. The number of rotatable bonds is 4. The fourth-order valence-corrected chi connectivity index (χ4v) is 7.41. The summed E-state index contributed by atoms with van der Waals surface area (Å²) < 4.78 is 0. The van der Waals surface area contributed by atoms with Crippen LogP contribution in [0.3, 0.4) is 0 Å². The molecule has 4 fully saturated rings. The van der Waals surface area contributed by atoms with Crippen LogP contribution in [0.2, 0.25) is 0 Å². The minimum atomic E-state index is -0.618. The van der Waals surface area contributed by atoms with E-state index in [2.05, 4.69) is 37.5 Å². The summed E-state index contributed by atoms with van der Waals surface area (Å²) >= 11 is 0. The molecule has 7 atom stereocenters. The van der Waals surface area contributed by atoms with Crippen LogP contribution in [0.15, 0.2) is 35.5 Å². The van der Waals surface area contributed by atoms with Crippen molar-refractivity contribution in [3.05, 3.63) is 35.5 Å². The lowest BCUT2D eigenvalue weighted by atomic mass is 9.61. The normalized spacial score (nSPS) is 45.4. The molecular formula is C27H43NO3. The van der Waals surface area contributed by atoms with Gasteiger partial charge in [0.25, 0.3) is 0 Å². The molecule has 0 bridgehead atoms. The molecule has 0 spiro atoms. The summed E-state index contributed by atoms with van der Waals surface area (Å²) in [6, 6.07) is 0. The van der Waals surface area contributed by atoms with Crippen molar-refractivity contribution in [1.29, 1.82) is 0 Å². The summed E-state index contributed by atoms with van der Waals surface area (Å²) in [6.07, 6.45) is 11.5. The van der Waals surface area contributed by atoms with E-state index in [4.69, 9.17) is 0 Å². The van der Waals surface area contributed by atoms with E-state index in [0.717, 1.165) is 49.5 Å². The van der Waals surface area contributed by atoms with Crippen LogP contribution >= 0.6 is 0 Å². The number of β-amino-alcohol motifs (C(OH)–C–C–N with tert-alkyl or cyclic N) is 1. The summed E-state index contributed by atoms with van der Waals surface area (Å²) in [5, 5.41) is 30.6. The van der Waals surface area contributed by atoms with Crippen LogP contribution < -0.4 is 0 Å². The van der Waals surface area contributed by atoms with E-state index in [1.807, 2.05) is 6.92 Å². The molecule has 2 unspecified atom stereocenters. The van der Waals surface area contributed by atoms with Crippen molar-refractivity contribution in [1.82, 2.24) is 4.90 Å². The van der Waals surface area contributed by atoms with Crippen LogP contribution in [0.5, 0.6) is 0 Å². The molecule has 1 saturated heterocycles. The van der Waals surface area contributed by atoms with Crippen LogP contribution in [-0.2, 0) is 0 Å². The van der Waals surface area contributed by atoms with Gasteiger partial charge in [0.15, 0.2) is 0 Å². The smallest absolute Gasteiger partial charge is 0.0811 e. The molecule has 4 aliphatic rings. The first-order valence-electron chi connectivity index (χ1n) is 12.5. The Hall–Kier alpha value is -0.940. The molecule has 1 aliphatic heterocycles. The SMILES string of the molecule is C=C1C(=CC=C2CCC[C@]3(C)[C@@H](C(C)CN4CCC(C)(O)C4)CC[C@@H]23)C[C@@H](O)C[C@@H]1O. The summed E-state index contributed by atoms with van der Waals surface area (Å²) in [7, 11) is 0. The first-order chi connectivity index (χ1) is 14.6. The number of fused-ring (bicyclic) bond motifs is 1. The first-order valence-corrected chi connectivity index (χ1v) is 12.5. The van der Waals surface area contributed by atoms with Gasteiger partial charge in [-0.25, -0.2) is 0 Å². The maximum atomic E-state index is 10.3. The monoisotopic (exact) mass is 429 g/mol. The fourth-order valence-electron chi connectivity index (χ4n) is 7.41. The number of nitrogens with zero attached hydrogens (tertiary/aromatic N) is 1. The van der Waals surface area contributed by atoms with Gasteiger partial charge in [0, 0.05) is 26.1 Å². The molecular weight excluding hydrogens is 386 g/mol. The molecule has 3 N–H and O–H groups in total. The zero-order valence-corrected chi connectivity index (χ0v) is 19.8. The predicted molar refractivity (Wildman–Crippen MR) is 126 cm³/mol. The van der Waals surface area contributed by atoms with E-state index >= 15 is 0 Å². The molecule has 1 heterocycles. The van der Waals surface area contributed by atoms with Gasteiger partial charge in [0.2, 0.25) is 0 Å². The van der Waals surface area contributed by atoms with Crippen LogP contribution in [0.4, 0.5) is 0 Å². The van der Waals surface area contributed by atoms with Gasteiger partial charge in [-0.3, -0.25) is 0 Å². The van der Waals surface area contributed by atoms with Crippen molar-refractivity contribution in [3.8, 4) is 0 Å². The Kier molecular flexibility index (Phi) is 6.58. The molecule has 3 saturated carbocycles. The van der Waals surface area contributed by atoms with Crippen LogP contribution in [0.1, 0.15) is 72.1 Å². The number of likely N-dealkylation sites (tertiary alicyclic amines) is 1. The third kappa shape index (κ3) is 4.73. The van der Waals surface area contributed by atoms with E-state index in [-0.39, 0.29) is 0 Å². The molecule has 0 amide bonds. The van der Waals surface area contributed by atoms with Gasteiger partial charge in [-0.15, -0.1) is 0 Å². The van der Waals surface area contributed by atoms with Gasteiger partial charge in [-0.2, -0.15) is 0 Å². The Morgan fingerprint density at radius 1 is 1.19 bits per heavy atom. The largest absolute Gasteiger partial charge is 0.393 e. The minimum Gasteiger partial charge on any atom is -0.393 e. The fraction of sp³-hybridized carbons (Fsp3) is 0.778. The molecule has 0 aromatic rings. The molecule has 174 valence electrons. The lowest BCUT2D eigenvalue weighted by Gasteiger charge is -2.45. The standard InChI is InChI=1S/C27H43NO3/c1-18(16-28-13-12-26(3,31)17-28)23-9-10-24-20(6-5-11-27(23,24)4)7-8-21-14-22(29)15-25(30)19(21)2/h7-8,18,22-25,29-31H,2,5-6,9-17H2,1,3-4H3/t18?,22-,23-,24+,25+,26?,27-/m1/s1. The van der Waals surface area contributed by atoms with E-state index in [1.54, 1.807) is 5.57 Å². The van der Waals surface area contributed by atoms with Gasteiger partial charge in [0.1, 0.15) is 0 Å². The highest BCUT2D eigenvalue weighted by atomic mass is 16.3. The predicted octanol–water partition coefficient (Wildman–Crippen LogP) is 4.22. The average molecular weight is 430 g/mol. The molecule has 4 heteroatoms. The summed E-state index contributed by atoms with van der Waals surface area (Å²) in [6.45, 7) is 13.9. The highest BCUT2D eigenvalue weighted by Gasteiger charge is 2.51. The van der Waals surface area contributed by atoms with Gasteiger partial charge in [-0.1, -0.05) is 38.2 Å². The number of hydrogen-bond donors (Lipinski definition) is 3. The number of aliphatic hydroxyl groups excluding tert-OH is 2. The highest BCUT2D eigenvalue weighted by Crippen LogP contribution is 2.59. The molecule has 4 nitrogen and oxygen atoms in total. The first kappa shape index (κ1) is 23.2. The zero-order chi connectivity index (χ0) is 22.4. The second kappa shape index (κ2) is 8.78. The van der Waals surface area contributed by atoms with Gasteiger partial charge in [0.05, 0.1) is 17.8 Å². The summed E-state index contributed by atoms with van der Waals surface area (Å²) in [5.74, 6) is 2.01. The van der Waals surface area contributed by atoms with Gasteiger partial charge >= 0.3 is 0 Å². The topological polar surface area (TPSA) is 63.9 Å². The Balaban J connectivity index is 1.47. The Labute approximate surface area is 188 Å². The maximum Gasteiger partial charge on any atom is 0.0811 e. The second-order valence-electron chi connectivity index (χ2n) is 11.6. The third-order valence-corrected chi connectivity index (χ3v) is 9.07. The van der Waals surface area contributed by atoms with Crippen molar-refractivity contribution in [2.24, 2.45) is 23.2 Å². The van der Waals surface area contributed by atoms with E-state index in [1.165, 1.54) is 25.7 Å². The molecule has 0 radical (unpaired) electrons. The molecule has 0 aromatic carbocycles. The number of allylic oxidation sites excluding steroid dienone is 3. The van der Waals surface area contributed by atoms with E-state index in [9.17, 15) is 15.3 Å². The number of aliphatic hydroxyl groups is 3. The van der Waals surface area contributed by atoms with Gasteiger partial charge in [-0.05, 0) is 86.2 Å². The third-order valence-electron chi connectivity index (χ3n) is 9.07. The number of hydrogen-bond acceptors (Lipinski definition) is 4.